The van der Waals surface area contributed by atoms with Gasteiger partial charge in [0.25, 0.3) is 0 Å². The summed E-state index contributed by atoms with van der Waals surface area (Å²) < 4.78 is 11.5. The van der Waals surface area contributed by atoms with Crippen LogP contribution in [0.5, 0.6) is 0 Å². The first-order valence-electron chi connectivity index (χ1n) is 10.6. The molecule has 2 bridgehead atoms. The number of hydrogen-bond donors (Lipinski definition) is 2. The number of esters is 1. The van der Waals surface area contributed by atoms with Gasteiger partial charge in [0.05, 0.1) is 37.2 Å². The molecule has 0 aromatic heterocycles. The molecule has 8 nitrogen and oxygen atoms in total. The Kier molecular flexibility index (Phi) is 6.11. The molecule has 3 aliphatic rings. The number of aliphatic hydroxyl groups is 1. The summed E-state index contributed by atoms with van der Waals surface area (Å²) in [6, 6.07) is 7.93. The molecule has 3 aliphatic heterocycles. The van der Waals surface area contributed by atoms with E-state index in [1.807, 2.05) is 30.3 Å². The predicted molar refractivity (Wildman–Crippen MR) is 114 cm³/mol. The van der Waals surface area contributed by atoms with Crippen molar-refractivity contribution in [3.05, 3.63) is 35.9 Å². The van der Waals surface area contributed by atoms with Gasteiger partial charge in [0.1, 0.15) is 11.6 Å². The van der Waals surface area contributed by atoms with Crippen LogP contribution in [0.3, 0.4) is 0 Å². The SMILES string of the molecule is CCOC(=O)[C@H]1[C@@H]2O[C@@]3(CC2Br)[C@@H]1C(=O)N([C@H](C)CO)[C@@H]3C(=O)NCc1ccccc1. The van der Waals surface area contributed by atoms with Crippen LogP contribution in [0.2, 0.25) is 0 Å². The van der Waals surface area contributed by atoms with Crippen LogP contribution in [0.25, 0.3) is 0 Å². The second kappa shape index (κ2) is 8.52. The molecule has 3 saturated heterocycles. The molecule has 2 N–H and O–H groups in total. The average Bonchev–Trinajstić information content (AvgIpc) is 3.36. The summed E-state index contributed by atoms with van der Waals surface area (Å²) in [5.41, 5.74) is -0.215. The zero-order valence-electron chi connectivity index (χ0n) is 17.5. The quantitative estimate of drug-likeness (QED) is 0.432. The summed E-state index contributed by atoms with van der Waals surface area (Å²) in [6.07, 6.45) is -0.119. The first kappa shape index (κ1) is 22.2. The van der Waals surface area contributed by atoms with E-state index in [2.05, 4.69) is 21.2 Å². The van der Waals surface area contributed by atoms with E-state index in [0.717, 1.165) is 5.56 Å². The first-order valence-corrected chi connectivity index (χ1v) is 11.5. The summed E-state index contributed by atoms with van der Waals surface area (Å²) in [6.45, 7) is 3.59. The molecule has 0 aliphatic carbocycles. The monoisotopic (exact) mass is 494 g/mol. The number of likely N-dealkylation sites (tertiary alicyclic amines) is 1. The van der Waals surface area contributed by atoms with E-state index in [0.29, 0.717) is 13.0 Å². The molecular weight excluding hydrogens is 468 g/mol. The van der Waals surface area contributed by atoms with Gasteiger partial charge in [0.15, 0.2) is 0 Å². The van der Waals surface area contributed by atoms with Crippen molar-refractivity contribution in [3.63, 3.8) is 0 Å². The lowest BCUT2D eigenvalue weighted by molar-refractivity contribution is -0.155. The lowest BCUT2D eigenvalue weighted by atomic mass is 9.70. The molecular formula is C22H27BrN2O6. The highest BCUT2D eigenvalue weighted by Gasteiger charge is 2.77. The number of hydrogen-bond acceptors (Lipinski definition) is 6. The molecule has 0 saturated carbocycles. The van der Waals surface area contributed by atoms with Crippen molar-refractivity contribution in [1.82, 2.24) is 10.2 Å². The lowest BCUT2D eigenvalue weighted by Crippen LogP contribution is -2.57. The highest BCUT2D eigenvalue weighted by Crippen LogP contribution is 2.60. The van der Waals surface area contributed by atoms with Crippen LogP contribution in [0.15, 0.2) is 30.3 Å². The fourth-order valence-corrected chi connectivity index (χ4v) is 6.26. The molecule has 1 aromatic rings. The minimum Gasteiger partial charge on any atom is -0.466 e. The maximum Gasteiger partial charge on any atom is 0.312 e. The molecule has 3 fully saturated rings. The van der Waals surface area contributed by atoms with Crippen LogP contribution in [-0.2, 0) is 30.4 Å². The van der Waals surface area contributed by atoms with Crippen molar-refractivity contribution in [3.8, 4) is 0 Å². The number of rotatable bonds is 7. The van der Waals surface area contributed by atoms with Crippen LogP contribution < -0.4 is 5.32 Å². The van der Waals surface area contributed by atoms with Crippen molar-refractivity contribution in [2.45, 2.75) is 55.4 Å². The van der Waals surface area contributed by atoms with Gasteiger partial charge in [-0.1, -0.05) is 46.3 Å². The number of carbonyl (C=O) groups is 3. The third kappa shape index (κ3) is 3.47. The third-order valence-corrected chi connectivity index (χ3v) is 7.43. The highest BCUT2D eigenvalue weighted by atomic mass is 79.9. The van der Waals surface area contributed by atoms with E-state index in [4.69, 9.17) is 9.47 Å². The van der Waals surface area contributed by atoms with Gasteiger partial charge in [-0.3, -0.25) is 14.4 Å². The van der Waals surface area contributed by atoms with E-state index in [9.17, 15) is 19.5 Å². The Morgan fingerprint density at radius 2 is 2.10 bits per heavy atom. The van der Waals surface area contributed by atoms with Gasteiger partial charge in [-0.2, -0.15) is 0 Å². The Bertz CT molecular complexity index is 867. The Morgan fingerprint density at radius 1 is 1.39 bits per heavy atom. The topological polar surface area (TPSA) is 105 Å². The average molecular weight is 495 g/mol. The summed E-state index contributed by atoms with van der Waals surface area (Å²) in [5.74, 6) is -2.79. The fraction of sp³-hybridized carbons (Fsp3) is 0.591. The molecule has 9 heteroatoms. The molecule has 2 amide bonds. The predicted octanol–water partition coefficient (Wildman–Crippen LogP) is 0.995. The van der Waals surface area contributed by atoms with Crippen LogP contribution in [0.4, 0.5) is 0 Å². The maximum absolute atomic E-state index is 13.5. The summed E-state index contributed by atoms with van der Waals surface area (Å²) >= 11 is 3.59. The van der Waals surface area contributed by atoms with Crippen LogP contribution in [-0.4, -0.2) is 69.6 Å². The van der Waals surface area contributed by atoms with Crippen LogP contribution in [0.1, 0.15) is 25.8 Å². The Morgan fingerprint density at radius 3 is 2.74 bits per heavy atom. The van der Waals surface area contributed by atoms with E-state index >= 15 is 0 Å². The number of fused-ring (bicyclic) bond motifs is 1. The number of nitrogens with one attached hydrogen (secondary N) is 1. The smallest absolute Gasteiger partial charge is 0.312 e. The number of ether oxygens (including phenoxy) is 2. The van der Waals surface area contributed by atoms with E-state index in [-0.39, 0.29) is 29.9 Å². The van der Waals surface area contributed by atoms with Gasteiger partial charge < -0.3 is 24.8 Å². The summed E-state index contributed by atoms with van der Waals surface area (Å²) in [4.78, 5) is 40.9. The second-order valence-corrected chi connectivity index (χ2v) is 9.57. The van der Waals surface area contributed by atoms with Crippen LogP contribution in [0, 0.1) is 11.8 Å². The van der Waals surface area contributed by atoms with Crippen molar-refractivity contribution in [2.75, 3.05) is 13.2 Å². The molecule has 3 heterocycles. The number of aliphatic hydroxyl groups excluding tert-OH is 1. The van der Waals surface area contributed by atoms with Crippen molar-refractivity contribution < 1.29 is 29.0 Å². The molecule has 4 rings (SSSR count). The van der Waals surface area contributed by atoms with E-state index in [1.165, 1.54) is 4.90 Å². The Hall–Kier alpha value is -1.97. The molecule has 1 aromatic carbocycles. The number of alkyl halides is 1. The van der Waals surface area contributed by atoms with E-state index < -0.39 is 41.6 Å². The van der Waals surface area contributed by atoms with Crippen molar-refractivity contribution in [1.29, 1.82) is 0 Å². The van der Waals surface area contributed by atoms with Crippen molar-refractivity contribution >= 4 is 33.7 Å². The third-order valence-electron chi connectivity index (χ3n) is 6.58. The summed E-state index contributed by atoms with van der Waals surface area (Å²) in [7, 11) is 0. The Labute approximate surface area is 189 Å². The zero-order chi connectivity index (χ0) is 22.3. The fourth-order valence-electron chi connectivity index (χ4n) is 5.32. The number of benzene rings is 1. The van der Waals surface area contributed by atoms with Gasteiger partial charge in [-0.15, -0.1) is 0 Å². The number of amides is 2. The number of carbonyl (C=O) groups excluding carboxylic acids is 3. The first-order chi connectivity index (χ1) is 14.9. The Balaban J connectivity index is 1.68. The molecule has 7 atom stereocenters. The summed E-state index contributed by atoms with van der Waals surface area (Å²) in [5, 5.41) is 12.7. The molecule has 31 heavy (non-hydrogen) atoms. The van der Waals surface area contributed by atoms with Gasteiger partial charge in [0, 0.05) is 11.4 Å². The van der Waals surface area contributed by atoms with Gasteiger partial charge in [-0.05, 0) is 25.8 Å². The minimum atomic E-state index is -1.14. The zero-order valence-corrected chi connectivity index (χ0v) is 19.1. The van der Waals surface area contributed by atoms with Gasteiger partial charge >= 0.3 is 5.97 Å². The maximum atomic E-state index is 13.5. The van der Waals surface area contributed by atoms with Gasteiger partial charge in [-0.25, -0.2) is 0 Å². The van der Waals surface area contributed by atoms with E-state index in [1.54, 1.807) is 13.8 Å². The highest BCUT2D eigenvalue weighted by molar-refractivity contribution is 9.09. The minimum absolute atomic E-state index is 0.181. The number of halogens is 1. The largest absolute Gasteiger partial charge is 0.466 e. The molecule has 0 radical (unpaired) electrons. The number of nitrogens with zero attached hydrogens (tertiary/aromatic N) is 1. The van der Waals surface area contributed by atoms with Gasteiger partial charge in [0.2, 0.25) is 11.8 Å². The van der Waals surface area contributed by atoms with Crippen LogP contribution >= 0.6 is 15.9 Å². The normalized spacial score (nSPS) is 34.5. The second-order valence-electron chi connectivity index (χ2n) is 8.40. The lowest BCUT2D eigenvalue weighted by Gasteiger charge is -2.35. The molecule has 1 unspecified atom stereocenters. The molecule has 1 spiro atoms. The van der Waals surface area contributed by atoms with Crippen molar-refractivity contribution in [2.24, 2.45) is 11.8 Å². The standard InChI is InChI=1S/C22H27BrN2O6/c1-3-30-21(29)15-16-20(28)25(12(2)11-26)18(22(16)9-14(23)17(15)31-22)19(27)24-10-13-7-5-4-6-8-13/h4-8,12,14-18,26H,3,9-11H2,1-2H3,(H,24,27)/t12-,14?,15-,16+,17-,18-,22+/m1/s1. The molecule has 168 valence electrons.